The molecular weight excluding hydrogens is 346 g/mol. The lowest BCUT2D eigenvalue weighted by Crippen LogP contribution is -2.53. The molecule has 0 aromatic carbocycles. The maximum absolute atomic E-state index is 12.9. The molecule has 2 fully saturated rings. The van der Waals surface area contributed by atoms with Gasteiger partial charge in [-0.1, -0.05) is 25.3 Å². The van der Waals surface area contributed by atoms with E-state index in [1.807, 2.05) is 0 Å². The molecule has 1 saturated heterocycles. The quantitative estimate of drug-likeness (QED) is 0.810. The summed E-state index contributed by atoms with van der Waals surface area (Å²) < 4.78 is 0. The van der Waals surface area contributed by atoms with E-state index in [9.17, 15) is 19.6 Å². The first-order chi connectivity index (χ1) is 12.8. The summed E-state index contributed by atoms with van der Waals surface area (Å²) in [5, 5.41) is 12.3. The molecule has 3 rings (SSSR count). The zero-order valence-electron chi connectivity index (χ0n) is 15.6. The van der Waals surface area contributed by atoms with Crippen LogP contribution in [0.3, 0.4) is 0 Å². The fourth-order valence-electron chi connectivity index (χ4n) is 3.81. The molecule has 1 unspecified atom stereocenters. The Kier molecular flexibility index (Phi) is 4.87. The standard InChI is InChI=1S/C19H23N5O3/c1-18(14-8-4-7-11-21-14)16(26)24(17(27)22-18)12-15(25)23(2)19(13-20)9-5-3-6-10-19/h4,7-8,11H,3,5-6,9-10,12H2,1-2H3,(H,22,27). The van der Waals surface area contributed by atoms with Crippen LogP contribution in [0.4, 0.5) is 4.79 Å². The summed E-state index contributed by atoms with van der Waals surface area (Å²) in [4.78, 5) is 44.5. The van der Waals surface area contributed by atoms with Gasteiger partial charge >= 0.3 is 6.03 Å². The Balaban J connectivity index is 1.77. The van der Waals surface area contributed by atoms with Gasteiger partial charge < -0.3 is 10.2 Å². The van der Waals surface area contributed by atoms with Gasteiger partial charge in [0, 0.05) is 13.2 Å². The van der Waals surface area contributed by atoms with Crippen molar-refractivity contribution in [1.29, 1.82) is 5.26 Å². The van der Waals surface area contributed by atoms with Crippen molar-refractivity contribution in [3.8, 4) is 6.07 Å². The van der Waals surface area contributed by atoms with Crippen molar-refractivity contribution in [3.05, 3.63) is 30.1 Å². The molecule has 1 aromatic rings. The number of nitrogens with zero attached hydrogens (tertiary/aromatic N) is 4. The first kappa shape index (κ1) is 18.8. The highest BCUT2D eigenvalue weighted by molar-refractivity contribution is 6.09. The second kappa shape index (κ2) is 6.99. The van der Waals surface area contributed by atoms with Crippen molar-refractivity contribution in [1.82, 2.24) is 20.1 Å². The van der Waals surface area contributed by atoms with E-state index in [0.29, 0.717) is 18.5 Å². The lowest BCUT2D eigenvalue weighted by molar-refractivity contribution is -0.141. The number of aromatic nitrogens is 1. The lowest BCUT2D eigenvalue weighted by atomic mass is 9.81. The minimum absolute atomic E-state index is 0.396. The van der Waals surface area contributed by atoms with E-state index in [1.54, 1.807) is 38.4 Å². The number of hydrogen-bond acceptors (Lipinski definition) is 5. The van der Waals surface area contributed by atoms with E-state index in [0.717, 1.165) is 24.2 Å². The third-order valence-electron chi connectivity index (χ3n) is 5.65. The molecule has 1 saturated carbocycles. The Labute approximate surface area is 158 Å². The minimum atomic E-state index is -1.31. The molecule has 8 nitrogen and oxygen atoms in total. The average Bonchev–Trinajstić information content (AvgIpc) is 2.92. The monoisotopic (exact) mass is 369 g/mol. The fourth-order valence-corrected chi connectivity index (χ4v) is 3.81. The van der Waals surface area contributed by atoms with Gasteiger partial charge in [-0.25, -0.2) is 4.79 Å². The summed E-state index contributed by atoms with van der Waals surface area (Å²) in [6.45, 7) is 1.18. The Morgan fingerprint density at radius 2 is 2.04 bits per heavy atom. The van der Waals surface area contributed by atoms with Crippen LogP contribution >= 0.6 is 0 Å². The smallest absolute Gasteiger partial charge is 0.325 e. The second-order valence-corrected chi connectivity index (χ2v) is 7.32. The number of rotatable bonds is 4. The maximum Gasteiger partial charge on any atom is 0.325 e. The summed E-state index contributed by atoms with van der Waals surface area (Å²) in [5.41, 5.74) is -1.76. The number of nitrogens with one attached hydrogen (secondary N) is 1. The third kappa shape index (κ3) is 3.14. The molecule has 142 valence electrons. The number of carbonyl (C=O) groups excluding carboxylic acids is 3. The van der Waals surface area contributed by atoms with Gasteiger partial charge in [-0.2, -0.15) is 5.26 Å². The van der Waals surface area contributed by atoms with E-state index in [-0.39, 0.29) is 0 Å². The van der Waals surface area contributed by atoms with Gasteiger partial charge in [0.05, 0.1) is 11.8 Å². The Bertz CT molecular complexity index is 797. The minimum Gasteiger partial charge on any atom is -0.325 e. The van der Waals surface area contributed by atoms with E-state index < -0.39 is 35.5 Å². The number of carbonyl (C=O) groups is 3. The Morgan fingerprint density at radius 1 is 1.33 bits per heavy atom. The van der Waals surface area contributed by atoms with Crippen molar-refractivity contribution in [2.75, 3.05) is 13.6 Å². The summed E-state index contributed by atoms with van der Waals surface area (Å²) in [6, 6.07) is 6.75. The first-order valence-electron chi connectivity index (χ1n) is 9.07. The second-order valence-electron chi connectivity index (χ2n) is 7.32. The summed E-state index contributed by atoms with van der Waals surface area (Å²) in [5.74, 6) is -0.949. The van der Waals surface area contributed by atoms with Crippen LogP contribution in [-0.2, 0) is 15.1 Å². The van der Waals surface area contributed by atoms with Gasteiger partial charge in [0.2, 0.25) is 5.91 Å². The number of nitriles is 1. The van der Waals surface area contributed by atoms with E-state index in [1.165, 1.54) is 4.90 Å². The highest BCUT2D eigenvalue weighted by Crippen LogP contribution is 2.33. The van der Waals surface area contributed by atoms with Crippen LogP contribution in [0.5, 0.6) is 0 Å². The molecule has 1 N–H and O–H groups in total. The molecule has 4 amide bonds. The summed E-state index contributed by atoms with van der Waals surface area (Å²) in [7, 11) is 1.58. The van der Waals surface area contributed by atoms with E-state index >= 15 is 0 Å². The molecule has 1 aliphatic carbocycles. The van der Waals surface area contributed by atoms with Crippen LogP contribution in [0.25, 0.3) is 0 Å². The van der Waals surface area contributed by atoms with Gasteiger partial charge in [-0.15, -0.1) is 0 Å². The maximum atomic E-state index is 12.9. The highest BCUT2D eigenvalue weighted by atomic mass is 16.2. The van der Waals surface area contributed by atoms with E-state index in [4.69, 9.17) is 0 Å². The van der Waals surface area contributed by atoms with Crippen LogP contribution in [0.2, 0.25) is 0 Å². The fraction of sp³-hybridized carbons (Fsp3) is 0.526. The number of likely N-dealkylation sites (N-methyl/N-ethyl adjacent to an activating group) is 1. The number of amides is 4. The SMILES string of the molecule is CN(C(=O)CN1C(=O)NC(C)(c2ccccn2)C1=O)C1(C#N)CCCCC1. The molecule has 27 heavy (non-hydrogen) atoms. The van der Waals surface area contributed by atoms with E-state index in [2.05, 4.69) is 16.4 Å². The molecule has 1 aromatic heterocycles. The van der Waals surface area contributed by atoms with Crippen molar-refractivity contribution in [2.45, 2.75) is 50.1 Å². The predicted molar refractivity (Wildman–Crippen MR) is 96.0 cm³/mol. The van der Waals surface area contributed by atoms with Gasteiger partial charge in [-0.05, 0) is 31.9 Å². The van der Waals surface area contributed by atoms with Gasteiger partial charge in [0.25, 0.3) is 5.91 Å². The first-order valence-corrected chi connectivity index (χ1v) is 9.07. The van der Waals surface area contributed by atoms with Gasteiger partial charge in [0.1, 0.15) is 12.1 Å². The molecule has 1 atom stereocenters. The number of imide groups is 1. The summed E-state index contributed by atoms with van der Waals surface area (Å²) >= 11 is 0. The van der Waals surface area contributed by atoms with Crippen molar-refractivity contribution in [3.63, 3.8) is 0 Å². The number of pyridine rings is 1. The molecule has 2 heterocycles. The van der Waals surface area contributed by atoms with Crippen LogP contribution in [0, 0.1) is 11.3 Å². The van der Waals surface area contributed by atoms with Crippen LogP contribution in [-0.4, -0.2) is 51.8 Å². The predicted octanol–water partition coefficient (Wildman–Crippen LogP) is 1.53. The number of hydrogen-bond donors (Lipinski definition) is 1. The lowest BCUT2D eigenvalue weighted by Gasteiger charge is -2.39. The summed E-state index contributed by atoms with van der Waals surface area (Å²) in [6.07, 6.45) is 5.56. The average molecular weight is 369 g/mol. The molecular formula is C19H23N5O3. The largest absolute Gasteiger partial charge is 0.325 e. The molecule has 1 aliphatic heterocycles. The van der Waals surface area contributed by atoms with Crippen molar-refractivity contribution < 1.29 is 14.4 Å². The zero-order valence-corrected chi connectivity index (χ0v) is 15.6. The van der Waals surface area contributed by atoms with Crippen LogP contribution in [0.1, 0.15) is 44.7 Å². The topological polar surface area (TPSA) is 106 Å². The van der Waals surface area contributed by atoms with Gasteiger partial charge in [0.15, 0.2) is 5.54 Å². The highest BCUT2D eigenvalue weighted by Gasteiger charge is 2.51. The van der Waals surface area contributed by atoms with Crippen LogP contribution < -0.4 is 5.32 Å². The van der Waals surface area contributed by atoms with Crippen LogP contribution in [0.15, 0.2) is 24.4 Å². The Hall–Kier alpha value is -2.95. The zero-order chi connectivity index (χ0) is 19.7. The van der Waals surface area contributed by atoms with Gasteiger partial charge in [-0.3, -0.25) is 19.5 Å². The normalized spacial score (nSPS) is 24.3. The molecule has 8 heteroatoms. The number of urea groups is 1. The third-order valence-corrected chi connectivity index (χ3v) is 5.65. The van der Waals surface area contributed by atoms with Crippen molar-refractivity contribution in [2.24, 2.45) is 0 Å². The molecule has 0 radical (unpaired) electrons. The Morgan fingerprint density at radius 3 is 2.63 bits per heavy atom. The molecule has 0 spiro atoms. The van der Waals surface area contributed by atoms with Crippen molar-refractivity contribution >= 4 is 17.8 Å². The molecule has 0 bridgehead atoms. The molecule has 2 aliphatic rings.